The van der Waals surface area contributed by atoms with Gasteiger partial charge in [-0.15, -0.1) is 10.2 Å². The number of imide groups is 1. The minimum atomic E-state index is -1.02. The first-order valence-corrected chi connectivity index (χ1v) is 11.1. The van der Waals surface area contributed by atoms with Gasteiger partial charge in [0.1, 0.15) is 6.04 Å². The number of rotatable bonds is 7. The molecule has 1 atom stereocenters. The van der Waals surface area contributed by atoms with Crippen LogP contribution in [0.15, 0.2) is 58.9 Å². The Morgan fingerprint density at radius 3 is 2.26 bits per heavy atom. The zero-order chi connectivity index (χ0) is 22.0. The summed E-state index contributed by atoms with van der Waals surface area (Å²) in [6, 6.07) is 14.4. The maximum absolute atomic E-state index is 12.6. The van der Waals surface area contributed by atoms with Gasteiger partial charge in [-0.25, -0.2) is 0 Å². The van der Waals surface area contributed by atoms with Crippen molar-refractivity contribution in [3.05, 3.63) is 71.3 Å². The molecular weight excluding hydrogens is 436 g/mol. The van der Waals surface area contributed by atoms with Gasteiger partial charge in [0.25, 0.3) is 11.8 Å². The SMILES string of the molecule is CC(C(=O)Nc1nnc(SCC(=O)c2ccccc2)s1)N1C(=O)c2ccccc2C1=O. The van der Waals surface area contributed by atoms with E-state index in [2.05, 4.69) is 15.5 Å². The molecule has 0 saturated carbocycles. The lowest BCUT2D eigenvalue weighted by molar-refractivity contribution is -0.119. The number of carbonyl (C=O) groups is 4. The molecule has 31 heavy (non-hydrogen) atoms. The summed E-state index contributed by atoms with van der Waals surface area (Å²) in [4.78, 5) is 50.8. The largest absolute Gasteiger partial charge is 0.299 e. The second-order valence-electron chi connectivity index (χ2n) is 6.64. The molecule has 3 amide bonds. The van der Waals surface area contributed by atoms with E-state index in [4.69, 9.17) is 0 Å². The minimum absolute atomic E-state index is 0.0365. The van der Waals surface area contributed by atoms with E-state index in [-0.39, 0.29) is 27.8 Å². The summed E-state index contributed by atoms with van der Waals surface area (Å²) in [6.45, 7) is 1.48. The van der Waals surface area contributed by atoms with Crippen molar-refractivity contribution in [3.8, 4) is 0 Å². The maximum Gasteiger partial charge on any atom is 0.262 e. The van der Waals surface area contributed by atoms with Gasteiger partial charge in [0.05, 0.1) is 16.9 Å². The van der Waals surface area contributed by atoms with E-state index in [1.807, 2.05) is 6.07 Å². The average Bonchev–Trinajstić information content (AvgIpc) is 3.34. The van der Waals surface area contributed by atoms with E-state index in [0.717, 1.165) is 16.2 Å². The van der Waals surface area contributed by atoms with E-state index in [1.54, 1.807) is 48.5 Å². The van der Waals surface area contributed by atoms with Crippen LogP contribution >= 0.6 is 23.1 Å². The minimum Gasteiger partial charge on any atom is -0.299 e. The lowest BCUT2D eigenvalue weighted by Gasteiger charge is -2.20. The molecule has 0 fully saturated rings. The van der Waals surface area contributed by atoms with Gasteiger partial charge in [0.15, 0.2) is 10.1 Å². The highest BCUT2D eigenvalue weighted by atomic mass is 32.2. The average molecular weight is 453 g/mol. The fourth-order valence-electron chi connectivity index (χ4n) is 3.04. The summed E-state index contributed by atoms with van der Waals surface area (Å²) in [5.41, 5.74) is 1.18. The lowest BCUT2D eigenvalue weighted by Crippen LogP contribution is -2.45. The number of fused-ring (bicyclic) bond motifs is 1. The van der Waals surface area contributed by atoms with Crippen LogP contribution in [0.1, 0.15) is 38.0 Å². The van der Waals surface area contributed by atoms with Crippen LogP contribution in [0, 0.1) is 0 Å². The number of anilines is 1. The van der Waals surface area contributed by atoms with Crippen molar-refractivity contribution in [1.29, 1.82) is 0 Å². The summed E-state index contributed by atoms with van der Waals surface area (Å²) < 4.78 is 0.521. The van der Waals surface area contributed by atoms with Gasteiger partial charge in [-0.2, -0.15) is 0 Å². The molecular formula is C21H16N4O4S2. The van der Waals surface area contributed by atoms with Crippen LogP contribution in [0.2, 0.25) is 0 Å². The standard InChI is InChI=1S/C21H16N4O4S2/c1-12(25-18(28)14-9-5-6-10-15(14)19(25)29)17(27)22-20-23-24-21(31-20)30-11-16(26)13-7-3-2-4-8-13/h2-10,12H,11H2,1H3,(H,22,23,27). The zero-order valence-corrected chi connectivity index (χ0v) is 17.9. The van der Waals surface area contributed by atoms with E-state index in [1.165, 1.54) is 18.7 Å². The first-order chi connectivity index (χ1) is 15.0. The number of hydrogen-bond acceptors (Lipinski definition) is 8. The highest BCUT2D eigenvalue weighted by Gasteiger charge is 2.40. The number of aromatic nitrogens is 2. The van der Waals surface area contributed by atoms with Gasteiger partial charge in [-0.3, -0.25) is 29.4 Å². The van der Waals surface area contributed by atoms with Gasteiger partial charge in [-0.1, -0.05) is 65.6 Å². The summed E-state index contributed by atoms with van der Waals surface area (Å²) in [5.74, 6) is -1.40. The van der Waals surface area contributed by atoms with Crippen LogP contribution in [-0.4, -0.2) is 50.4 Å². The summed E-state index contributed by atoms with van der Waals surface area (Å²) in [5, 5.41) is 10.7. The van der Waals surface area contributed by atoms with Crippen molar-refractivity contribution in [2.75, 3.05) is 11.1 Å². The third kappa shape index (κ3) is 4.25. The van der Waals surface area contributed by atoms with Gasteiger partial charge < -0.3 is 0 Å². The summed E-state index contributed by atoms with van der Waals surface area (Å²) in [7, 11) is 0. The zero-order valence-electron chi connectivity index (χ0n) is 16.3. The van der Waals surface area contributed by atoms with Crippen LogP contribution in [0.5, 0.6) is 0 Å². The normalized spacial score (nSPS) is 13.8. The molecule has 1 N–H and O–H groups in total. The lowest BCUT2D eigenvalue weighted by atomic mass is 10.1. The van der Waals surface area contributed by atoms with Gasteiger partial charge in [0, 0.05) is 5.56 Å². The van der Waals surface area contributed by atoms with Crippen molar-refractivity contribution in [3.63, 3.8) is 0 Å². The van der Waals surface area contributed by atoms with Crippen molar-refractivity contribution >= 4 is 51.7 Å². The first kappa shape index (κ1) is 20.9. The number of carbonyl (C=O) groups excluding carboxylic acids is 4. The van der Waals surface area contributed by atoms with Crippen LogP contribution in [-0.2, 0) is 4.79 Å². The van der Waals surface area contributed by atoms with E-state index in [9.17, 15) is 19.2 Å². The van der Waals surface area contributed by atoms with Crippen LogP contribution in [0.3, 0.4) is 0 Å². The molecule has 4 rings (SSSR count). The number of thioether (sulfide) groups is 1. The molecule has 0 bridgehead atoms. The van der Waals surface area contributed by atoms with Crippen molar-refractivity contribution in [2.45, 2.75) is 17.3 Å². The maximum atomic E-state index is 12.6. The van der Waals surface area contributed by atoms with Gasteiger partial charge in [-0.05, 0) is 19.1 Å². The molecule has 10 heteroatoms. The number of nitrogens with zero attached hydrogens (tertiary/aromatic N) is 3. The molecule has 2 aromatic carbocycles. The number of amides is 3. The predicted molar refractivity (Wildman–Crippen MR) is 116 cm³/mol. The Morgan fingerprint density at radius 1 is 1.00 bits per heavy atom. The Balaban J connectivity index is 1.36. The molecule has 0 saturated heterocycles. The highest BCUT2D eigenvalue weighted by molar-refractivity contribution is 8.01. The molecule has 3 aromatic rings. The van der Waals surface area contributed by atoms with Crippen LogP contribution in [0.4, 0.5) is 5.13 Å². The number of nitrogens with one attached hydrogen (secondary N) is 1. The smallest absolute Gasteiger partial charge is 0.262 e. The van der Waals surface area contributed by atoms with Gasteiger partial charge >= 0.3 is 0 Å². The molecule has 0 spiro atoms. The molecule has 1 aliphatic heterocycles. The molecule has 1 aromatic heterocycles. The molecule has 156 valence electrons. The van der Waals surface area contributed by atoms with E-state index in [0.29, 0.717) is 9.90 Å². The second kappa shape index (κ2) is 8.78. The number of hydrogen-bond donors (Lipinski definition) is 1. The Hall–Kier alpha value is -3.37. The molecule has 1 unspecified atom stereocenters. The van der Waals surface area contributed by atoms with E-state index >= 15 is 0 Å². The quantitative estimate of drug-likeness (QED) is 0.254. The fraction of sp³-hybridized carbons (Fsp3) is 0.143. The number of ketones is 1. The third-order valence-corrected chi connectivity index (χ3v) is 6.62. The topological polar surface area (TPSA) is 109 Å². The molecule has 8 nitrogen and oxygen atoms in total. The van der Waals surface area contributed by atoms with E-state index < -0.39 is 23.8 Å². The van der Waals surface area contributed by atoms with Crippen molar-refractivity contribution in [2.24, 2.45) is 0 Å². The summed E-state index contributed by atoms with van der Waals surface area (Å²) >= 11 is 2.34. The molecule has 1 aliphatic rings. The highest BCUT2D eigenvalue weighted by Crippen LogP contribution is 2.28. The molecule has 2 heterocycles. The fourth-order valence-corrected chi connectivity index (χ4v) is 4.69. The first-order valence-electron chi connectivity index (χ1n) is 9.28. The number of Topliss-reactive ketones (excluding diaryl/α,β-unsaturated/α-hetero) is 1. The predicted octanol–water partition coefficient (Wildman–Crippen LogP) is 3.14. The number of benzene rings is 2. The van der Waals surface area contributed by atoms with Crippen molar-refractivity contribution < 1.29 is 19.2 Å². The van der Waals surface area contributed by atoms with Crippen LogP contribution < -0.4 is 5.32 Å². The Morgan fingerprint density at radius 2 is 1.61 bits per heavy atom. The summed E-state index contributed by atoms with van der Waals surface area (Å²) in [6.07, 6.45) is 0. The molecule has 0 radical (unpaired) electrons. The monoisotopic (exact) mass is 452 g/mol. The second-order valence-corrected chi connectivity index (χ2v) is 8.84. The van der Waals surface area contributed by atoms with Gasteiger partial charge in [0.2, 0.25) is 11.0 Å². The van der Waals surface area contributed by atoms with Crippen LogP contribution in [0.25, 0.3) is 0 Å². The Labute approximate surface area is 185 Å². The van der Waals surface area contributed by atoms with Crippen molar-refractivity contribution in [1.82, 2.24) is 15.1 Å². The third-order valence-electron chi connectivity index (χ3n) is 4.65. The molecule has 0 aliphatic carbocycles. The Kier molecular flexibility index (Phi) is 5.92. The Bertz CT molecular complexity index is 1140.